The van der Waals surface area contributed by atoms with Gasteiger partial charge in [-0.1, -0.05) is 25.1 Å². The quantitative estimate of drug-likeness (QED) is 0.689. The molecule has 1 nitrogen and oxygen atoms in total. The molecule has 0 atom stereocenters. The molecule has 0 aromatic heterocycles. The van der Waals surface area contributed by atoms with Gasteiger partial charge in [0, 0.05) is 24.7 Å². The van der Waals surface area contributed by atoms with E-state index in [1.54, 1.807) is 19.2 Å². The summed E-state index contributed by atoms with van der Waals surface area (Å²) in [6.45, 7) is 5.27. The average molecular weight is 251 g/mol. The number of alkyl halides is 2. The number of hydrogen-bond donors (Lipinski definition) is 0. The molecule has 0 N–H and O–H groups in total. The maximum atomic E-state index is 13.6. The first-order valence-electron chi connectivity index (χ1n) is 6.01. The molecule has 0 aliphatic heterocycles. The lowest BCUT2D eigenvalue weighted by Crippen LogP contribution is -2.11. The molecule has 0 spiro atoms. The first-order chi connectivity index (χ1) is 8.40. The Morgan fingerprint density at radius 2 is 2.00 bits per heavy atom. The molecule has 0 aliphatic rings. The molecule has 0 radical (unpaired) electrons. The van der Waals surface area contributed by atoms with E-state index in [9.17, 15) is 8.78 Å². The number of nitrogens with zero attached hydrogens (tertiary/aromatic N) is 1. The monoisotopic (exact) mass is 251 g/mol. The number of rotatable bonds is 4. The van der Waals surface area contributed by atoms with Gasteiger partial charge in [0.05, 0.1) is 0 Å². The van der Waals surface area contributed by atoms with Gasteiger partial charge >= 0.3 is 0 Å². The van der Waals surface area contributed by atoms with Crippen molar-refractivity contribution in [2.75, 3.05) is 7.05 Å². The predicted octanol–water partition coefficient (Wildman–Crippen LogP) is 4.68. The smallest absolute Gasteiger partial charge is 0.273 e. The standard InChI is InChI=1S/C15H19F2N/c1-5-15(16,17)14-8-6-7-13(10-14)11(2)9-12(3)18-4/h6-10H,5H2,1-4H3/b11-9+,18-12-. The van der Waals surface area contributed by atoms with Gasteiger partial charge in [-0.3, -0.25) is 4.99 Å². The van der Waals surface area contributed by atoms with E-state index in [0.29, 0.717) is 0 Å². The molecule has 0 heterocycles. The number of aliphatic imine (C=N–C) groups is 1. The second-order valence-corrected chi connectivity index (χ2v) is 4.33. The van der Waals surface area contributed by atoms with E-state index in [4.69, 9.17) is 0 Å². The van der Waals surface area contributed by atoms with E-state index < -0.39 is 5.92 Å². The van der Waals surface area contributed by atoms with Crippen molar-refractivity contribution in [1.29, 1.82) is 0 Å². The second kappa shape index (κ2) is 5.89. The summed E-state index contributed by atoms with van der Waals surface area (Å²) in [7, 11) is 1.71. The molecule has 0 aliphatic carbocycles. The summed E-state index contributed by atoms with van der Waals surface area (Å²) in [5.41, 5.74) is 2.69. The van der Waals surface area contributed by atoms with Gasteiger partial charge in [-0.2, -0.15) is 0 Å². The van der Waals surface area contributed by atoms with Crippen LogP contribution in [-0.2, 0) is 5.92 Å². The number of hydrogen-bond acceptors (Lipinski definition) is 1. The highest BCUT2D eigenvalue weighted by Gasteiger charge is 2.28. The zero-order valence-electron chi connectivity index (χ0n) is 11.3. The van der Waals surface area contributed by atoms with E-state index in [-0.39, 0.29) is 12.0 Å². The third kappa shape index (κ3) is 3.49. The van der Waals surface area contributed by atoms with Gasteiger partial charge in [-0.15, -0.1) is 0 Å². The fraction of sp³-hybridized carbons (Fsp3) is 0.400. The van der Waals surface area contributed by atoms with Crippen LogP contribution in [0.15, 0.2) is 35.3 Å². The highest BCUT2D eigenvalue weighted by Crippen LogP contribution is 2.32. The van der Waals surface area contributed by atoms with Crippen LogP contribution in [0.3, 0.4) is 0 Å². The van der Waals surface area contributed by atoms with E-state index in [0.717, 1.165) is 16.8 Å². The van der Waals surface area contributed by atoms with Crippen LogP contribution in [0.1, 0.15) is 38.3 Å². The fourth-order valence-electron chi connectivity index (χ4n) is 1.66. The van der Waals surface area contributed by atoms with Gasteiger partial charge in [0.1, 0.15) is 0 Å². The van der Waals surface area contributed by atoms with Crippen molar-refractivity contribution < 1.29 is 8.78 Å². The maximum Gasteiger partial charge on any atom is 0.273 e. The number of halogens is 2. The molecule has 0 amide bonds. The second-order valence-electron chi connectivity index (χ2n) is 4.33. The molecule has 0 bridgehead atoms. The average Bonchev–Trinajstić information content (AvgIpc) is 2.38. The van der Waals surface area contributed by atoms with Gasteiger partial charge in [0.25, 0.3) is 5.92 Å². The molecule has 0 unspecified atom stereocenters. The van der Waals surface area contributed by atoms with E-state index in [2.05, 4.69) is 4.99 Å². The summed E-state index contributed by atoms with van der Waals surface area (Å²) in [4.78, 5) is 4.03. The topological polar surface area (TPSA) is 12.4 Å². The lowest BCUT2D eigenvalue weighted by molar-refractivity contribution is -0.00830. The zero-order chi connectivity index (χ0) is 13.8. The third-order valence-electron chi connectivity index (χ3n) is 2.96. The molecule has 1 rings (SSSR count). The van der Waals surface area contributed by atoms with Crippen LogP contribution in [0.4, 0.5) is 8.78 Å². The molecular weight excluding hydrogens is 232 g/mol. The highest BCUT2D eigenvalue weighted by atomic mass is 19.3. The van der Waals surface area contributed by atoms with Crippen LogP contribution in [0.2, 0.25) is 0 Å². The molecule has 3 heteroatoms. The minimum Gasteiger partial charge on any atom is -0.293 e. The van der Waals surface area contributed by atoms with Crippen LogP contribution >= 0.6 is 0 Å². The lowest BCUT2D eigenvalue weighted by Gasteiger charge is -2.15. The van der Waals surface area contributed by atoms with E-state index in [1.807, 2.05) is 26.0 Å². The van der Waals surface area contributed by atoms with Gasteiger partial charge in [0.2, 0.25) is 0 Å². The Balaban J connectivity index is 3.14. The molecule has 18 heavy (non-hydrogen) atoms. The Bertz CT molecular complexity index is 473. The Labute approximate surface area is 107 Å². The molecular formula is C15H19F2N. The maximum absolute atomic E-state index is 13.6. The molecule has 0 saturated carbocycles. The summed E-state index contributed by atoms with van der Waals surface area (Å²) >= 11 is 0. The Morgan fingerprint density at radius 1 is 1.33 bits per heavy atom. The third-order valence-corrected chi connectivity index (χ3v) is 2.96. The number of allylic oxidation sites excluding steroid dienone is 2. The van der Waals surface area contributed by atoms with Gasteiger partial charge in [-0.05, 0) is 37.1 Å². The Hall–Kier alpha value is -1.51. The Kier molecular flexibility index (Phi) is 4.76. The van der Waals surface area contributed by atoms with Crippen molar-refractivity contribution >= 4 is 11.3 Å². The lowest BCUT2D eigenvalue weighted by atomic mass is 9.99. The van der Waals surface area contributed by atoms with Gasteiger partial charge < -0.3 is 0 Å². The van der Waals surface area contributed by atoms with Crippen LogP contribution in [0, 0.1) is 0 Å². The molecule has 98 valence electrons. The molecule has 1 aromatic carbocycles. The van der Waals surface area contributed by atoms with Crippen molar-refractivity contribution in [3.05, 3.63) is 41.5 Å². The Morgan fingerprint density at radius 3 is 2.56 bits per heavy atom. The van der Waals surface area contributed by atoms with Crippen LogP contribution in [0.5, 0.6) is 0 Å². The van der Waals surface area contributed by atoms with Crippen LogP contribution < -0.4 is 0 Å². The predicted molar refractivity (Wildman–Crippen MR) is 73.3 cm³/mol. The minimum atomic E-state index is -2.76. The van der Waals surface area contributed by atoms with Crippen LogP contribution in [0.25, 0.3) is 5.57 Å². The minimum absolute atomic E-state index is 0.0707. The first-order valence-corrected chi connectivity index (χ1v) is 6.01. The zero-order valence-corrected chi connectivity index (χ0v) is 11.3. The molecule has 1 aromatic rings. The highest BCUT2D eigenvalue weighted by molar-refractivity contribution is 5.98. The first kappa shape index (κ1) is 14.6. The molecule has 0 fully saturated rings. The summed E-state index contributed by atoms with van der Waals surface area (Å²) in [6.07, 6.45) is 1.71. The van der Waals surface area contributed by atoms with Crippen molar-refractivity contribution in [2.45, 2.75) is 33.1 Å². The van der Waals surface area contributed by atoms with Gasteiger partial charge in [-0.25, -0.2) is 8.78 Å². The summed E-state index contributed by atoms with van der Waals surface area (Å²) in [5.74, 6) is -2.76. The van der Waals surface area contributed by atoms with Gasteiger partial charge in [0.15, 0.2) is 0 Å². The van der Waals surface area contributed by atoms with E-state index >= 15 is 0 Å². The fourth-order valence-corrected chi connectivity index (χ4v) is 1.66. The summed E-state index contributed by atoms with van der Waals surface area (Å²) < 4.78 is 27.2. The number of benzene rings is 1. The molecule has 0 saturated heterocycles. The van der Waals surface area contributed by atoms with E-state index in [1.165, 1.54) is 13.0 Å². The largest absolute Gasteiger partial charge is 0.293 e. The van der Waals surface area contributed by atoms with Crippen molar-refractivity contribution in [3.63, 3.8) is 0 Å². The van der Waals surface area contributed by atoms with Crippen molar-refractivity contribution in [3.8, 4) is 0 Å². The normalized spacial score (nSPS) is 13.9. The van der Waals surface area contributed by atoms with Crippen molar-refractivity contribution in [1.82, 2.24) is 0 Å². The van der Waals surface area contributed by atoms with Crippen LogP contribution in [-0.4, -0.2) is 12.8 Å². The summed E-state index contributed by atoms with van der Waals surface area (Å²) in [6, 6.07) is 6.54. The van der Waals surface area contributed by atoms with Crippen molar-refractivity contribution in [2.24, 2.45) is 4.99 Å². The SMILES string of the molecule is CCC(F)(F)c1cccc(/C(C)=C/C(C)=N\C)c1. The summed E-state index contributed by atoms with van der Waals surface area (Å²) in [5, 5.41) is 0.